The second-order valence-corrected chi connectivity index (χ2v) is 3.01. The van der Waals surface area contributed by atoms with E-state index >= 15 is 0 Å². The van der Waals surface area contributed by atoms with Gasteiger partial charge < -0.3 is 9.72 Å². The Morgan fingerprint density at radius 1 is 1.62 bits per heavy atom. The molecule has 0 radical (unpaired) electrons. The number of halogens is 3. The van der Waals surface area contributed by atoms with Crippen LogP contribution in [0.15, 0.2) is 15.6 Å². The zero-order valence-electron chi connectivity index (χ0n) is 6.61. The Balaban J connectivity index is 3.37. The van der Waals surface area contributed by atoms with Crippen LogP contribution in [0, 0.1) is 0 Å². The minimum Gasteiger partial charge on any atom is -0.490 e. The number of hydrogen-bond donors (Lipinski definition) is 1. The van der Waals surface area contributed by atoms with Crippen LogP contribution in [-0.2, 0) is 0 Å². The molecule has 0 amide bonds. The number of ether oxygens (including phenoxy) is 1. The number of aromatic nitrogens is 1. The van der Waals surface area contributed by atoms with E-state index in [4.69, 9.17) is 0 Å². The van der Waals surface area contributed by atoms with Crippen LogP contribution in [0.25, 0.3) is 0 Å². The molecule has 0 aliphatic heterocycles. The average Bonchev–Trinajstić information content (AvgIpc) is 2.04. The average molecular weight is 254 g/mol. The van der Waals surface area contributed by atoms with Gasteiger partial charge in [0.1, 0.15) is 4.60 Å². The first-order valence-electron chi connectivity index (χ1n) is 3.31. The van der Waals surface area contributed by atoms with E-state index in [0.717, 1.165) is 6.20 Å². The normalized spacial score (nSPS) is 10.5. The number of H-pyrrole nitrogens is 1. The summed E-state index contributed by atoms with van der Waals surface area (Å²) < 4.78 is 29.3. The Kier molecular flexibility index (Phi) is 3.02. The Morgan fingerprint density at radius 3 is 2.69 bits per heavy atom. The molecule has 1 rings (SSSR count). The molecule has 3 nitrogen and oxygen atoms in total. The van der Waals surface area contributed by atoms with E-state index in [9.17, 15) is 13.6 Å². The van der Waals surface area contributed by atoms with Crippen LogP contribution in [0.5, 0.6) is 5.75 Å². The van der Waals surface area contributed by atoms with Crippen LogP contribution < -0.4 is 10.2 Å². The minimum atomic E-state index is -2.80. The maximum atomic E-state index is 12.2. The van der Waals surface area contributed by atoms with Crippen LogP contribution in [0.2, 0.25) is 0 Å². The van der Waals surface area contributed by atoms with Crippen LogP contribution in [0.1, 0.15) is 12.0 Å². The zero-order valence-corrected chi connectivity index (χ0v) is 8.19. The van der Waals surface area contributed by atoms with Crippen molar-refractivity contribution in [1.29, 1.82) is 0 Å². The van der Waals surface area contributed by atoms with Gasteiger partial charge in [0.25, 0.3) is 6.43 Å². The molecule has 0 saturated carbocycles. The van der Waals surface area contributed by atoms with Crippen molar-refractivity contribution in [3.63, 3.8) is 0 Å². The van der Waals surface area contributed by atoms with E-state index < -0.39 is 17.4 Å². The Labute approximate surface area is 80.9 Å². The molecule has 13 heavy (non-hydrogen) atoms. The number of nitrogens with one attached hydrogen (secondary N) is 1. The first kappa shape index (κ1) is 10.2. The number of methoxy groups -OCH3 is 1. The van der Waals surface area contributed by atoms with Crippen LogP contribution in [-0.4, -0.2) is 12.1 Å². The van der Waals surface area contributed by atoms with Crippen molar-refractivity contribution in [1.82, 2.24) is 4.98 Å². The number of pyridine rings is 1. The molecular formula is C7H6BrF2NO2. The van der Waals surface area contributed by atoms with Crippen LogP contribution in [0.4, 0.5) is 8.78 Å². The summed E-state index contributed by atoms with van der Waals surface area (Å²) in [7, 11) is 1.24. The van der Waals surface area contributed by atoms with Gasteiger partial charge in [0, 0.05) is 6.20 Å². The summed E-state index contributed by atoms with van der Waals surface area (Å²) in [5.41, 5.74) is -1.40. The van der Waals surface area contributed by atoms with E-state index in [-0.39, 0.29) is 10.4 Å². The SMILES string of the molecule is COc1c(Br)[nH]cc(C(F)F)c1=O. The van der Waals surface area contributed by atoms with Crippen molar-refractivity contribution in [2.45, 2.75) is 6.43 Å². The quantitative estimate of drug-likeness (QED) is 0.821. The van der Waals surface area contributed by atoms with Gasteiger partial charge >= 0.3 is 0 Å². The predicted octanol–water partition coefficient (Wildman–Crippen LogP) is 2.08. The van der Waals surface area contributed by atoms with Crippen LogP contribution in [0.3, 0.4) is 0 Å². The molecule has 1 heterocycles. The molecule has 0 unspecified atom stereocenters. The van der Waals surface area contributed by atoms with Gasteiger partial charge in [-0.25, -0.2) is 8.78 Å². The molecule has 6 heteroatoms. The first-order valence-corrected chi connectivity index (χ1v) is 4.10. The van der Waals surface area contributed by atoms with Crippen molar-refractivity contribution in [3.8, 4) is 5.75 Å². The van der Waals surface area contributed by atoms with Gasteiger partial charge in [-0.05, 0) is 15.9 Å². The lowest BCUT2D eigenvalue weighted by Crippen LogP contribution is -2.13. The highest BCUT2D eigenvalue weighted by Gasteiger charge is 2.17. The summed E-state index contributed by atoms with van der Waals surface area (Å²) in [6.07, 6.45) is -1.84. The van der Waals surface area contributed by atoms with Crippen molar-refractivity contribution in [3.05, 3.63) is 26.6 Å². The molecule has 0 aliphatic rings. The summed E-state index contributed by atoms with van der Waals surface area (Å²) in [5.74, 6) is -0.141. The van der Waals surface area contributed by atoms with E-state index in [0.29, 0.717) is 0 Å². The van der Waals surface area contributed by atoms with E-state index in [1.165, 1.54) is 7.11 Å². The lowest BCUT2D eigenvalue weighted by atomic mass is 10.3. The molecule has 1 aromatic heterocycles. The molecule has 72 valence electrons. The van der Waals surface area contributed by atoms with E-state index in [2.05, 4.69) is 25.7 Å². The number of rotatable bonds is 2. The van der Waals surface area contributed by atoms with E-state index in [1.807, 2.05) is 0 Å². The second kappa shape index (κ2) is 3.87. The molecule has 0 spiro atoms. The van der Waals surface area contributed by atoms with Crippen molar-refractivity contribution in [2.24, 2.45) is 0 Å². The van der Waals surface area contributed by atoms with Crippen molar-refractivity contribution in [2.75, 3.05) is 7.11 Å². The van der Waals surface area contributed by atoms with Gasteiger partial charge in [-0.3, -0.25) is 4.79 Å². The zero-order chi connectivity index (χ0) is 10.0. The molecule has 0 bridgehead atoms. The minimum absolute atomic E-state index is 0.141. The highest BCUT2D eigenvalue weighted by molar-refractivity contribution is 9.10. The van der Waals surface area contributed by atoms with E-state index in [1.54, 1.807) is 0 Å². The predicted molar refractivity (Wildman–Crippen MR) is 46.3 cm³/mol. The summed E-state index contributed by atoms with van der Waals surface area (Å²) >= 11 is 2.97. The third-order valence-electron chi connectivity index (χ3n) is 1.46. The molecular weight excluding hydrogens is 248 g/mol. The number of aromatic amines is 1. The third kappa shape index (κ3) is 1.88. The lowest BCUT2D eigenvalue weighted by molar-refractivity contribution is 0.149. The second-order valence-electron chi connectivity index (χ2n) is 2.22. The fourth-order valence-corrected chi connectivity index (χ4v) is 1.30. The monoisotopic (exact) mass is 253 g/mol. The molecule has 0 aromatic carbocycles. The fraction of sp³-hybridized carbons (Fsp3) is 0.286. The number of alkyl halides is 2. The molecule has 0 fully saturated rings. The maximum Gasteiger partial charge on any atom is 0.269 e. The topological polar surface area (TPSA) is 42.1 Å². The largest absolute Gasteiger partial charge is 0.490 e. The Morgan fingerprint density at radius 2 is 2.23 bits per heavy atom. The molecule has 0 atom stereocenters. The molecule has 1 N–H and O–H groups in total. The summed E-state index contributed by atoms with van der Waals surface area (Å²) in [4.78, 5) is 13.7. The standard InChI is InChI=1S/C7H6BrF2NO2/c1-13-5-4(12)3(7(9)10)2-11-6(5)8/h2,7H,1H3,(H,11,12). The summed E-state index contributed by atoms with van der Waals surface area (Å²) in [6.45, 7) is 0. The molecule has 0 aliphatic carbocycles. The summed E-state index contributed by atoms with van der Waals surface area (Å²) in [5, 5.41) is 0. The Bertz CT molecular complexity index is 364. The van der Waals surface area contributed by atoms with Crippen molar-refractivity contribution < 1.29 is 13.5 Å². The van der Waals surface area contributed by atoms with Gasteiger partial charge in [-0.15, -0.1) is 0 Å². The van der Waals surface area contributed by atoms with Gasteiger partial charge in [0.15, 0.2) is 5.75 Å². The number of hydrogen-bond acceptors (Lipinski definition) is 2. The van der Waals surface area contributed by atoms with Crippen molar-refractivity contribution >= 4 is 15.9 Å². The van der Waals surface area contributed by atoms with Gasteiger partial charge in [-0.2, -0.15) is 0 Å². The maximum absolute atomic E-state index is 12.2. The lowest BCUT2D eigenvalue weighted by Gasteiger charge is -2.04. The third-order valence-corrected chi connectivity index (χ3v) is 2.05. The molecule has 0 saturated heterocycles. The highest BCUT2D eigenvalue weighted by Crippen LogP contribution is 2.21. The first-order chi connectivity index (χ1) is 6.07. The summed E-state index contributed by atoms with van der Waals surface area (Å²) in [6, 6.07) is 0. The Hall–Kier alpha value is -0.910. The van der Waals surface area contributed by atoms with Gasteiger partial charge in [0.05, 0.1) is 12.7 Å². The van der Waals surface area contributed by atoms with Gasteiger partial charge in [-0.1, -0.05) is 0 Å². The highest BCUT2D eigenvalue weighted by atomic mass is 79.9. The smallest absolute Gasteiger partial charge is 0.269 e. The molecule has 1 aromatic rings. The fourth-order valence-electron chi connectivity index (χ4n) is 0.847. The van der Waals surface area contributed by atoms with Crippen LogP contribution >= 0.6 is 15.9 Å². The van der Waals surface area contributed by atoms with Gasteiger partial charge in [0.2, 0.25) is 5.43 Å².